The van der Waals surface area contributed by atoms with E-state index in [1.165, 1.54) is 11.1 Å². The number of nitrogens with zero attached hydrogens (tertiary/aromatic N) is 1. The minimum absolute atomic E-state index is 0.0723. The second kappa shape index (κ2) is 8.91. The molecule has 8 heteroatoms. The number of amides is 2. The zero-order valence-corrected chi connectivity index (χ0v) is 16.8. The maximum Gasteiger partial charge on any atom is 0.290 e. The van der Waals surface area contributed by atoms with Crippen LogP contribution in [-0.2, 0) is 10.5 Å². The minimum atomic E-state index is -0.393. The number of rotatable bonds is 7. The molecule has 0 aromatic carbocycles. The first-order valence-corrected chi connectivity index (χ1v) is 10.9. The summed E-state index contributed by atoms with van der Waals surface area (Å²) in [6.45, 7) is 1.20. The summed E-state index contributed by atoms with van der Waals surface area (Å²) in [7, 11) is 0. The van der Waals surface area contributed by atoms with Gasteiger partial charge in [-0.3, -0.25) is 9.59 Å². The molecule has 5 nitrogen and oxygen atoms in total. The Morgan fingerprint density at radius 1 is 1.40 bits per heavy atom. The van der Waals surface area contributed by atoms with Crippen molar-refractivity contribution in [2.75, 3.05) is 18.8 Å². The van der Waals surface area contributed by atoms with E-state index in [0.717, 1.165) is 21.7 Å². The molecule has 2 aromatic heterocycles. The van der Waals surface area contributed by atoms with Gasteiger partial charge in [0.05, 0.1) is 10.0 Å². The van der Waals surface area contributed by atoms with Crippen LogP contribution in [0.5, 0.6) is 0 Å². The number of carbonyl (C=O) groups excluding carboxylic acids is 2. The van der Waals surface area contributed by atoms with Gasteiger partial charge in [0, 0.05) is 29.5 Å². The Labute approximate surface area is 163 Å². The first-order valence-electron chi connectivity index (χ1n) is 8.09. The van der Waals surface area contributed by atoms with Gasteiger partial charge in [-0.05, 0) is 53.0 Å². The van der Waals surface area contributed by atoms with Crippen LogP contribution < -0.4 is 5.32 Å². The lowest BCUT2D eigenvalue weighted by atomic mass is 10.2. The highest BCUT2D eigenvalue weighted by molar-refractivity contribution is 9.11. The molecule has 1 fully saturated rings. The molecule has 2 amide bonds. The van der Waals surface area contributed by atoms with E-state index in [2.05, 4.69) is 27.3 Å². The number of nitrogens with one attached hydrogen (secondary N) is 1. The summed E-state index contributed by atoms with van der Waals surface area (Å²) in [6, 6.07) is 7.08. The number of hydrogen-bond donors (Lipinski definition) is 1. The van der Waals surface area contributed by atoms with Gasteiger partial charge in [-0.25, -0.2) is 0 Å². The van der Waals surface area contributed by atoms with Crippen molar-refractivity contribution in [2.45, 2.75) is 24.6 Å². The molecule has 0 saturated carbocycles. The van der Waals surface area contributed by atoms with Crippen molar-refractivity contribution in [3.8, 4) is 0 Å². The molecule has 134 valence electrons. The smallest absolute Gasteiger partial charge is 0.290 e. The van der Waals surface area contributed by atoms with E-state index in [0.29, 0.717) is 19.5 Å². The third-order valence-electron chi connectivity index (χ3n) is 3.97. The van der Waals surface area contributed by atoms with Gasteiger partial charge in [0.1, 0.15) is 6.04 Å². The molecule has 1 atom stereocenters. The fourth-order valence-electron chi connectivity index (χ4n) is 2.79. The number of thioether (sulfide) groups is 1. The molecule has 2 aromatic rings. The van der Waals surface area contributed by atoms with Crippen LogP contribution in [0.2, 0.25) is 0 Å². The average molecular weight is 443 g/mol. The molecule has 3 heterocycles. The Balaban J connectivity index is 1.42. The summed E-state index contributed by atoms with van der Waals surface area (Å²) in [4.78, 5) is 27.8. The van der Waals surface area contributed by atoms with E-state index < -0.39 is 6.04 Å². The third-order valence-corrected chi connectivity index (χ3v) is 6.78. The number of thiophene rings is 1. The standard InChI is InChI=1S/C17H19BrN2O3S2/c18-15-6-5-12(25-15)11-24-10-7-19-16(21)13-3-1-8-20(13)17(22)14-4-2-9-23-14/h2,4-6,9,13H,1,3,7-8,10-11H2,(H,19,21)/t13-/m1/s1. The molecule has 0 radical (unpaired) electrons. The van der Waals surface area contributed by atoms with Gasteiger partial charge < -0.3 is 14.6 Å². The third kappa shape index (κ3) is 4.89. The van der Waals surface area contributed by atoms with Gasteiger partial charge in [0.25, 0.3) is 5.91 Å². The summed E-state index contributed by atoms with van der Waals surface area (Å²) in [5.74, 6) is 1.80. The second-order valence-electron chi connectivity index (χ2n) is 5.68. The molecule has 0 unspecified atom stereocenters. The largest absolute Gasteiger partial charge is 0.459 e. The average Bonchev–Trinajstić information content (AvgIpc) is 3.35. The Morgan fingerprint density at radius 2 is 2.28 bits per heavy atom. The molecule has 25 heavy (non-hydrogen) atoms. The summed E-state index contributed by atoms with van der Waals surface area (Å²) >= 11 is 6.98. The highest BCUT2D eigenvalue weighted by Crippen LogP contribution is 2.25. The number of halogens is 1. The van der Waals surface area contributed by atoms with Crippen molar-refractivity contribution in [3.05, 3.63) is 45.0 Å². The topological polar surface area (TPSA) is 62.6 Å². The van der Waals surface area contributed by atoms with Gasteiger partial charge in [0.15, 0.2) is 5.76 Å². The van der Waals surface area contributed by atoms with Crippen molar-refractivity contribution in [1.82, 2.24) is 10.2 Å². The van der Waals surface area contributed by atoms with Gasteiger partial charge in [-0.2, -0.15) is 11.8 Å². The van der Waals surface area contributed by atoms with E-state index >= 15 is 0 Å². The predicted octanol–water partition coefficient (Wildman–Crippen LogP) is 3.76. The van der Waals surface area contributed by atoms with E-state index in [1.807, 2.05) is 6.07 Å². The molecular weight excluding hydrogens is 424 g/mol. The highest BCUT2D eigenvalue weighted by Gasteiger charge is 2.35. The summed E-state index contributed by atoms with van der Waals surface area (Å²) < 4.78 is 6.30. The number of likely N-dealkylation sites (tertiary alicyclic amines) is 1. The maximum atomic E-state index is 12.4. The van der Waals surface area contributed by atoms with Crippen LogP contribution in [0.1, 0.15) is 28.3 Å². The monoisotopic (exact) mass is 442 g/mol. The number of carbonyl (C=O) groups is 2. The quantitative estimate of drug-likeness (QED) is 0.662. The van der Waals surface area contributed by atoms with Crippen LogP contribution in [0, 0.1) is 0 Å². The van der Waals surface area contributed by atoms with Crippen molar-refractivity contribution in [1.29, 1.82) is 0 Å². The molecule has 1 N–H and O–H groups in total. The molecule has 0 aliphatic carbocycles. The second-order valence-corrected chi connectivity index (χ2v) is 9.34. The first-order chi connectivity index (χ1) is 12.1. The zero-order valence-electron chi connectivity index (χ0n) is 13.6. The van der Waals surface area contributed by atoms with Gasteiger partial charge >= 0.3 is 0 Å². The number of hydrogen-bond acceptors (Lipinski definition) is 5. The molecule has 1 saturated heterocycles. The van der Waals surface area contributed by atoms with Crippen molar-refractivity contribution in [2.24, 2.45) is 0 Å². The van der Waals surface area contributed by atoms with E-state index in [-0.39, 0.29) is 17.6 Å². The van der Waals surface area contributed by atoms with Crippen molar-refractivity contribution < 1.29 is 14.0 Å². The normalized spacial score (nSPS) is 17.0. The summed E-state index contributed by atoms with van der Waals surface area (Å²) in [5, 5.41) is 2.96. The lowest BCUT2D eigenvalue weighted by molar-refractivity contribution is -0.124. The summed E-state index contributed by atoms with van der Waals surface area (Å²) in [5.41, 5.74) is 0. The van der Waals surface area contributed by atoms with Gasteiger partial charge in [-0.1, -0.05) is 0 Å². The van der Waals surface area contributed by atoms with Gasteiger partial charge in [-0.15, -0.1) is 11.3 Å². The van der Waals surface area contributed by atoms with Crippen LogP contribution in [0.3, 0.4) is 0 Å². The van der Waals surface area contributed by atoms with Crippen LogP contribution in [0.25, 0.3) is 0 Å². The van der Waals surface area contributed by atoms with Crippen molar-refractivity contribution in [3.63, 3.8) is 0 Å². The van der Waals surface area contributed by atoms with Crippen LogP contribution >= 0.6 is 39.0 Å². The molecule has 0 spiro atoms. The zero-order chi connectivity index (χ0) is 17.6. The Morgan fingerprint density at radius 3 is 3.00 bits per heavy atom. The van der Waals surface area contributed by atoms with E-state index in [4.69, 9.17) is 4.42 Å². The fraction of sp³-hybridized carbons (Fsp3) is 0.412. The van der Waals surface area contributed by atoms with E-state index in [9.17, 15) is 9.59 Å². The molecule has 0 bridgehead atoms. The molecule has 3 rings (SSSR count). The van der Waals surface area contributed by atoms with Gasteiger partial charge in [0.2, 0.25) is 5.91 Å². The lowest BCUT2D eigenvalue weighted by Gasteiger charge is -2.23. The van der Waals surface area contributed by atoms with Crippen molar-refractivity contribution >= 4 is 50.8 Å². The van der Waals surface area contributed by atoms with Crippen LogP contribution in [0.4, 0.5) is 0 Å². The Bertz CT molecular complexity index is 717. The maximum absolute atomic E-state index is 12.4. The Hall–Kier alpha value is -1.25. The SMILES string of the molecule is O=C(NCCSCc1ccc(Br)s1)[C@H]1CCCN1C(=O)c1ccco1. The van der Waals surface area contributed by atoms with Crippen LogP contribution in [-0.4, -0.2) is 41.6 Å². The Kier molecular flexibility index (Phi) is 6.61. The van der Waals surface area contributed by atoms with Crippen LogP contribution in [0.15, 0.2) is 38.7 Å². The minimum Gasteiger partial charge on any atom is -0.459 e. The molecular formula is C17H19BrN2O3S2. The summed E-state index contributed by atoms with van der Waals surface area (Å²) in [6.07, 6.45) is 3.02. The number of furan rings is 1. The lowest BCUT2D eigenvalue weighted by Crippen LogP contribution is -2.46. The predicted molar refractivity (Wildman–Crippen MR) is 104 cm³/mol. The molecule has 1 aliphatic rings. The molecule has 1 aliphatic heterocycles. The highest BCUT2D eigenvalue weighted by atomic mass is 79.9. The first kappa shape index (κ1) is 18.5. The fourth-order valence-corrected chi connectivity index (χ4v) is 5.24. The van der Waals surface area contributed by atoms with E-state index in [1.54, 1.807) is 40.1 Å².